The first-order valence-electron chi connectivity index (χ1n) is 7.83. The molecule has 1 saturated heterocycles. The Hall–Kier alpha value is -0.320. The van der Waals surface area contributed by atoms with Crippen molar-refractivity contribution < 1.29 is 4.79 Å². The molecule has 4 atom stereocenters. The van der Waals surface area contributed by atoms with Gasteiger partial charge in [0.25, 0.3) is 0 Å². The van der Waals surface area contributed by atoms with Crippen LogP contribution in [-0.4, -0.2) is 42.5 Å². The predicted molar refractivity (Wildman–Crippen MR) is 85.0 cm³/mol. The Kier molecular flexibility index (Phi) is 7.27. The van der Waals surface area contributed by atoms with Gasteiger partial charge in [0.05, 0.1) is 6.54 Å². The Morgan fingerprint density at radius 1 is 1.25 bits per heavy atom. The van der Waals surface area contributed by atoms with Crippen LogP contribution in [0.15, 0.2) is 0 Å². The zero-order chi connectivity index (χ0) is 13.8. The highest BCUT2D eigenvalue weighted by Crippen LogP contribution is 2.29. The monoisotopic (exact) mass is 303 g/mol. The van der Waals surface area contributed by atoms with E-state index in [1.165, 1.54) is 12.8 Å². The average Bonchev–Trinajstić information content (AvgIpc) is 2.35. The van der Waals surface area contributed by atoms with Gasteiger partial charge in [-0.3, -0.25) is 9.69 Å². The van der Waals surface area contributed by atoms with Crippen molar-refractivity contribution in [1.29, 1.82) is 0 Å². The molecule has 0 spiro atoms. The second kappa shape index (κ2) is 8.20. The highest BCUT2D eigenvalue weighted by Gasteiger charge is 2.28. The van der Waals surface area contributed by atoms with Gasteiger partial charge in [-0.05, 0) is 37.6 Å². The van der Waals surface area contributed by atoms with E-state index >= 15 is 0 Å². The van der Waals surface area contributed by atoms with E-state index in [4.69, 9.17) is 5.73 Å². The molecule has 2 rings (SSSR count). The van der Waals surface area contributed by atoms with Crippen LogP contribution >= 0.6 is 12.4 Å². The molecule has 0 bridgehead atoms. The first-order chi connectivity index (χ1) is 9.06. The lowest BCUT2D eigenvalue weighted by molar-refractivity contribution is -0.124. The maximum absolute atomic E-state index is 12.1. The largest absolute Gasteiger partial charge is 0.352 e. The van der Waals surface area contributed by atoms with Gasteiger partial charge in [-0.1, -0.05) is 26.7 Å². The van der Waals surface area contributed by atoms with Crippen molar-refractivity contribution in [3.05, 3.63) is 0 Å². The minimum atomic E-state index is 0. The summed E-state index contributed by atoms with van der Waals surface area (Å²) < 4.78 is 0. The first kappa shape index (κ1) is 17.7. The number of piperidine rings is 1. The number of likely N-dealkylation sites (tertiary alicyclic amines) is 1. The second-order valence-electron chi connectivity index (χ2n) is 6.58. The molecule has 20 heavy (non-hydrogen) atoms. The van der Waals surface area contributed by atoms with Gasteiger partial charge in [0.1, 0.15) is 0 Å². The molecular formula is C15H30ClN3O. The summed E-state index contributed by atoms with van der Waals surface area (Å²) in [4.78, 5) is 14.3. The third-order valence-corrected chi connectivity index (χ3v) is 4.96. The summed E-state index contributed by atoms with van der Waals surface area (Å²) in [6.45, 7) is 6.96. The molecule has 1 aliphatic carbocycles. The van der Waals surface area contributed by atoms with Crippen molar-refractivity contribution in [2.45, 2.75) is 58.0 Å². The fourth-order valence-electron chi connectivity index (χ4n) is 3.48. The molecular weight excluding hydrogens is 274 g/mol. The normalized spacial score (nSPS) is 35.1. The number of hydrogen-bond donors (Lipinski definition) is 2. The number of halogens is 1. The average molecular weight is 304 g/mol. The van der Waals surface area contributed by atoms with E-state index in [-0.39, 0.29) is 24.4 Å². The van der Waals surface area contributed by atoms with Gasteiger partial charge in [-0.2, -0.15) is 0 Å². The Morgan fingerprint density at radius 2 is 2.00 bits per heavy atom. The van der Waals surface area contributed by atoms with Crippen molar-refractivity contribution in [1.82, 2.24) is 10.2 Å². The molecule has 1 heterocycles. The van der Waals surface area contributed by atoms with Gasteiger partial charge in [0, 0.05) is 18.6 Å². The highest BCUT2D eigenvalue weighted by atomic mass is 35.5. The molecule has 0 aromatic heterocycles. The lowest BCUT2D eigenvalue weighted by Gasteiger charge is -2.36. The van der Waals surface area contributed by atoms with Gasteiger partial charge in [-0.25, -0.2) is 0 Å². The molecule has 3 N–H and O–H groups in total. The van der Waals surface area contributed by atoms with Crippen LogP contribution in [0, 0.1) is 11.8 Å². The summed E-state index contributed by atoms with van der Waals surface area (Å²) in [5.41, 5.74) is 5.95. The quantitative estimate of drug-likeness (QED) is 0.835. The van der Waals surface area contributed by atoms with Crippen molar-refractivity contribution in [3.8, 4) is 0 Å². The van der Waals surface area contributed by atoms with Crippen LogP contribution in [0.4, 0.5) is 0 Å². The van der Waals surface area contributed by atoms with Gasteiger partial charge in [0.2, 0.25) is 5.91 Å². The lowest BCUT2D eigenvalue weighted by Crippen LogP contribution is -2.50. The molecule has 5 heteroatoms. The Morgan fingerprint density at radius 3 is 2.70 bits per heavy atom. The van der Waals surface area contributed by atoms with E-state index in [0.29, 0.717) is 18.5 Å². The standard InChI is InChI=1S/C15H29N3O.ClH/c1-11-5-3-7-14(12(11)2)17-15(19)10-18-8-4-6-13(16)9-18;/h11-14H,3-10,16H2,1-2H3,(H,17,19);1H. The Balaban J connectivity index is 0.00000200. The van der Waals surface area contributed by atoms with E-state index < -0.39 is 0 Å². The number of carbonyl (C=O) groups excluding carboxylic acids is 1. The highest BCUT2D eigenvalue weighted by molar-refractivity contribution is 5.85. The first-order valence-corrected chi connectivity index (χ1v) is 7.83. The summed E-state index contributed by atoms with van der Waals surface area (Å²) in [6, 6.07) is 0.616. The molecule has 2 fully saturated rings. The van der Waals surface area contributed by atoms with Crippen LogP contribution in [-0.2, 0) is 4.79 Å². The topological polar surface area (TPSA) is 58.4 Å². The van der Waals surface area contributed by atoms with Crippen molar-refractivity contribution >= 4 is 18.3 Å². The second-order valence-corrected chi connectivity index (χ2v) is 6.58. The molecule has 1 saturated carbocycles. The van der Waals surface area contributed by atoms with E-state index in [1.54, 1.807) is 0 Å². The fourth-order valence-corrected chi connectivity index (χ4v) is 3.48. The van der Waals surface area contributed by atoms with Crippen molar-refractivity contribution in [3.63, 3.8) is 0 Å². The Labute approximate surface area is 129 Å². The number of hydrogen-bond acceptors (Lipinski definition) is 3. The maximum Gasteiger partial charge on any atom is 0.234 e. The zero-order valence-corrected chi connectivity index (χ0v) is 13.6. The maximum atomic E-state index is 12.1. The third kappa shape index (κ3) is 4.90. The summed E-state index contributed by atoms with van der Waals surface area (Å²) in [6.07, 6.45) is 5.89. The minimum Gasteiger partial charge on any atom is -0.352 e. The number of nitrogens with two attached hydrogens (primary N) is 1. The van der Waals surface area contributed by atoms with Gasteiger partial charge >= 0.3 is 0 Å². The molecule has 2 aliphatic rings. The lowest BCUT2D eigenvalue weighted by atomic mass is 9.78. The van der Waals surface area contributed by atoms with Gasteiger partial charge in [-0.15, -0.1) is 12.4 Å². The van der Waals surface area contributed by atoms with Crippen LogP contribution in [0.2, 0.25) is 0 Å². The number of nitrogens with zero attached hydrogens (tertiary/aromatic N) is 1. The van der Waals surface area contributed by atoms with Crippen molar-refractivity contribution in [2.24, 2.45) is 17.6 Å². The molecule has 1 aliphatic heterocycles. The molecule has 1 amide bonds. The minimum absolute atomic E-state index is 0. The summed E-state index contributed by atoms with van der Waals surface area (Å²) in [5.74, 6) is 1.50. The molecule has 4 nitrogen and oxygen atoms in total. The SMILES string of the molecule is CC1CCCC(NC(=O)CN2CCCC(N)C2)C1C.Cl. The number of carbonyl (C=O) groups is 1. The van der Waals surface area contributed by atoms with Gasteiger partial charge in [0.15, 0.2) is 0 Å². The van der Waals surface area contributed by atoms with Gasteiger partial charge < -0.3 is 11.1 Å². The van der Waals surface area contributed by atoms with E-state index in [9.17, 15) is 4.79 Å². The van der Waals surface area contributed by atoms with Crippen LogP contribution in [0.3, 0.4) is 0 Å². The van der Waals surface area contributed by atoms with Crippen LogP contribution in [0.25, 0.3) is 0 Å². The molecule has 118 valence electrons. The van der Waals surface area contributed by atoms with E-state index in [0.717, 1.165) is 38.3 Å². The van der Waals surface area contributed by atoms with Crippen LogP contribution in [0.1, 0.15) is 46.0 Å². The van der Waals surface area contributed by atoms with E-state index in [2.05, 4.69) is 24.1 Å². The fraction of sp³-hybridized carbons (Fsp3) is 0.933. The summed E-state index contributed by atoms with van der Waals surface area (Å²) in [7, 11) is 0. The van der Waals surface area contributed by atoms with Crippen LogP contribution < -0.4 is 11.1 Å². The van der Waals surface area contributed by atoms with Crippen molar-refractivity contribution in [2.75, 3.05) is 19.6 Å². The number of amides is 1. The van der Waals surface area contributed by atoms with Crippen LogP contribution in [0.5, 0.6) is 0 Å². The molecule has 0 radical (unpaired) electrons. The zero-order valence-electron chi connectivity index (χ0n) is 12.8. The summed E-state index contributed by atoms with van der Waals surface area (Å²) >= 11 is 0. The molecule has 4 unspecified atom stereocenters. The Bertz CT molecular complexity index is 313. The van der Waals surface area contributed by atoms with E-state index in [1.807, 2.05) is 0 Å². The molecule has 0 aromatic carbocycles. The summed E-state index contributed by atoms with van der Waals surface area (Å²) in [5, 5.41) is 3.24. The number of rotatable bonds is 3. The molecule has 0 aromatic rings. The smallest absolute Gasteiger partial charge is 0.234 e. The predicted octanol–water partition coefficient (Wildman–Crippen LogP) is 1.77. The number of nitrogens with one attached hydrogen (secondary N) is 1. The third-order valence-electron chi connectivity index (χ3n) is 4.96.